The van der Waals surface area contributed by atoms with Gasteiger partial charge >= 0.3 is 0 Å². The molecular weight excluding hydrogens is 284 g/mol. The summed E-state index contributed by atoms with van der Waals surface area (Å²) in [5.74, 6) is 0. The van der Waals surface area contributed by atoms with Crippen LogP contribution >= 0.6 is 0 Å². The van der Waals surface area contributed by atoms with Crippen molar-refractivity contribution < 1.29 is 0 Å². The maximum absolute atomic E-state index is 4.39. The molecule has 2 heterocycles. The summed E-state index contributed by atoms with van der Waals surface area (Å²) < 4.78 is 1.79. The van der Waals surface area contributed by atoms with Crippen molar-refractivity contribution in [2.75, 3.05) is 0 Å². The SMILES string of the molecule is c1ccc(-c2cn(-c3cccc(-c4ccccn4)c3)nn2)cc1. The number of aromatic nitrogens is 4. The minimum absolute atomic E-state index is 0.855. The Kier molecular flexibility index (Phi) is 3.41. The topological polar surface area (TPSA) is 43.6 Å². The van der Waals surface area contributed by atoms with Crippen LogP contribution in [0.25, 0.3) is 28.2 Å². The van der Waals surface area contributed by atoms with Gasteiger partial charge in [0.2, 0.25) is 0 Å². The quantitative estimate of drug-likeness (QED) is 0.574. The fraction of sp³-hybridized carbons (Fsp3) is 0. The van der Waals surface area contributed by atoms with E-state index in [-0.39, 0.29) is 0 Å². The van der Waals surface area contributed by atoms with E-state index in [1.807, 2.05) is 72.9 Å². The molecule has 0 spiro atoms. The Labute approximate surface area is 134 Å². The summed E-state index contributed by atoms with van der Waals surface area (Å²) in [6, 6.07) is 24.0. The lowest BCUT2D eigenvalue weighted by Crippen LogP contribution is -1.95. The van der Waals surface area contributed by atoms with Crippen LogP contribution < -0.4 is 0 Å². The van der Waals surface area contributed by atoms with Crippen LogP contribution in [0.2, 0.25) is 0 Å². The zero-order chi connectivity index (χ0) is 15.5. The van der Waals surface area contributed by atoms with E-state index in [2.05, 4.69) is 21.4 Å². The van der Waals surface area contributed by atoms with Crippen LogP contribution in [0.3, 0.4) is 0 Å². The lowest BCUT2D eigenvalue weighted by atomic mass is 10.1. The van der Waals surface area contributed by atoms with E-state index in [0.29, 0.717) is 0 Å². The molecule has 0 aliphatic carbocycles. The van der Waals surface area contributed by atoms with E-state index in [1.54, 1.807) is 10.9 Å². The highest BCUT2D eigenvalue weighted by Crippen LogP contribution is 2.21. The van der Waals surface area contributed by atoms with Crippen LogP contribution in [0, 0.1) is 0 Å². The van der Waals surface area contributed by atoms with Crippen molar-refractivity contribution in [1.82, 2.24) is 20.0 Å². The molecule has 0 saturated heterocycles. The van der Waals surface area contributed by atoms with E-state index in [9.17, 15) is 0 Å². The molecule has 4 nitrogen and oxygen atoms in total. The molecule has 0 saturated carbocycles. The highest BCUT2D eigenvalue weighted by molar-refractivity contribution is 5.63. The van der Waals surface area contributed by atoms with Gasteiger partial charge in [-0.3, -0.25) is 4.98 Å². The van der Waals surface area contributed by atoms with Crippen molar-refractivity contribution in [2.24, 2.45) is 0 Å². The van der Waals surface area contributed by atoms with Crippen LogP contribution in [0.5, 0.6) is 0 Å². The summed E-state index contributed by atoms with van der Waals surface area (Å²) in [6.07, 6.45) is 3.73. The fourth-order valence-electron chi connectivity index (χ4n) is 2.47. The van der Waals surface area contributed by atoms with E-state index in [4.69, 9.17) is 0 Å². The van der Waals surface area contributed by atoms with Gasteiger partial charge in [0, 0.05) is 17.3 Å². The Morgan fingerprint density at radius 2 is 1.52 bits per heavy atom. The summed E-state index contributed by atoms with van der Waals surface area (Å²) in [5.41, 5.74) is 4.87. The zero-order valence-corrected chi connectivity index (χ0v) is 12.4. The second-order valence-corrected chi connectivity index (χ2v) is 5.18. The van der Waals surface area contributed by atoms with Gasteiger partial charge in [-0.1, -0.05) is 53.7 Å². The van der Waals surface area contributed by atoms with Gasteiger partial charge in [0.15, 0.2) is 0 Å². The number of pyridine rings is 1. The maximum Gasteiger partial charge on any atom is 0.113 e. The van der Waals surface area contributed by atoms with Crippen molar-refractivity contribution in [3.05, 3.63) is 85.2 Å². The molecule has 23 heavy (non-hydrogen) atoms. The highest BCUT2D eigenvalue weighted by Gasteiger charge is 2.06. The Bertz CT molecular complexity index is 914. The first-order chi connectivity index (χ1) is 11.4. The molecule has 2 aromatic heterocycles. The molecule has 0 aliphatic rings. The average molecular weight is 298 g/mol. The Balaban J connectivity index is 1.71. The largest absolute Gasteiger partial charge is 0.256 e. The van der Waals surface area contributed by atoms with Crippen molar-refractivity contribution in [3.63, 3.8) is 0 Å². The first kappa shape index (κ1) is 13.4. The molecule has 0 aliphatic heterocycles. The van der Waals surface area contributed by atoms with E-state index >= 15 is 0 Å². The summed E-state index contributed by atoms with van der Waals surface area (Å²) >= 11 is 0. The minimum atomic E-state index is 0.855. The van der Waals surface area contributed by atoms with Gasteiger partial charge in [-0.2, -0.15) is 0 Å². The molecule has 0 fully saturated rings. The van der Waals surface area contributed by atoms with Crippen LogP contribution in [0.4, 0.5) is 0 Å². The van der Waals surface area contributed by atoms with Gasteiger partial charge in [-0.25, -0.2) is 4.68 Å². The lowest BCUT2D eigenvalue weighted by molar-refractivity contribution is 0.804. The summed E-state index contributed by atoms with van der Waals surface area (Å²) in [7, 11) is 0. The third-order valence-corrected chi connectivity index (χ3v) is 3.63. The molecule has 4 rings (SSSR count). The molecule has 110 valence electrons. The summed E-state index contributed by atoms with van der Waals surface area (Å²) in [6.45, 7) is 0. The second-order valence-electron chi connectivity index (χ2n) is 5.18. The minimum Gasteiger partial charge on any atom is -0.256 e. The molecular formula is C19H14N4. The molecule has 2 aromatic carbocycles. The van der Waals surface area contributed by atoms with Crippen molar-refractivity contribution in [2.45, 2.75) is 0 Å². The Hall–Kier alpha value is -3.27. The third kappa shape index (κ3) is 2.74. The van der Waals surface area contributed by atoms with Crippen molar-refractivity contribution >= 4 is 0 Å². The van der Waals surface area contributed by atoms with Gasteiger partial charge in [0.05, 0.1) is 17.6 Å². The van der Waals surface area contributed by atoms with Gasteiger partial charge in [-0.05, 0) is 24.3 Å². The number of benzene rings is 2. The molecule has 0 atom stereocenters. The fourth-order valence-corrected chi connectivity index (χ4v) is 2.47. The molecule has 0 unspecified atom stereocenters. The van der Waals surface area contributed by atoms with Gasteiger partial charge in [0.25, 0.3) is 0 Å². The smallest absolute Gasteiger partial charge is 0.113 e. The second kappa shape index (κ2) is 5.85. The van der Waals surface area contributed by atoms with Gasteiger partial charge < -0.3 is 0 Å². The molecule has 0 N–H and O–H groups in total. The average Bonchev–Trinajstić information content (AvgIpc) is 3.14. The van der Waals surface area contributed by atoms with Crippen molar-refractivity contribution in [3.8, 4) is 28.2 Å². The number of hydrogen-bond donors (Lipinski definition) is 0. The third-order valence-electron chi connectivity index (χ3n) is 3.63. The molecule has 0 radical (unpaired) electrons. The van der Waals surface area contributed by atoms with Crippen LogP contribution in [0.15, 0.2) is 85.2 Å². The number of rotatable bonds is 3. The molecule has 0 bridgehead atoms. The van der Waals surface area contributed by atoms with Crippen LogP contribution in [-0.2, 0) is 0 Å². The van der Waals surface area contributed by atoms with Crippen LogP contribution in [0.1, 0.15) is 0 Å². The van der Waals surface area contributed by atoms with E-state index in [1.165, 1.54) is 0 Å². The standard InChI is InChI=1S/C19H14N4/c1-2-7-15(8-3-1)19-14-23(22-21-19)17-10-6-9-16(13-17)18-11-4-5-12-20-18/h1-14H. The monoisotopic (exact) mass is 298 g/mol. The lowest BCUT2D eigenvalue weighted by Gasteiger charge is -2.04. The predicted molar refractivity (Wildman–Crippen MR) is 90.0 cm³/mol. The van der Waals surface area contributed by atoms with Crippen LogP contribution in [-0.4, -0.2) is 20.0 Å². The molecule has 4 aromatic rings. The zero-order valence-electron chi connectivity index (χ0n) is 12.4. The maximum atomic E-state index is 4.39. The molecule has 4 heteroatoms. The molecule has 0 amide bonds. The number of nitrogens with zero attached hydrogens (tertiary/aromatic N) is 4. The Morgan fingerprint density at radius 3 is 2.35 bits per heavy atom. The summed E-state index contributed by atoms with van der Waals surface area (Å²) in [4.78, 5) is 4.39. The van der Waals surface area contributed by atoms with Gasteiger partial charge in [-0.15, -0.1) is 5.10 Å². The van der Waals surface area contributed by atoms with E-state index in [0.717, 1.165) is 28.2 Å². The number of hydrogen-bond acceptors (Lipinski definition) is 3. The van der Waals surface area contributed by atoms with Gasteiger partial charge in [0.1, 0.15) is 5.69 Å². The summed E-state index contributed by atoms with van der Waals surface area (Å²) in [5, 5.41) is 8.51. The predicted octanol–water partition coefficient (Wildman–Crippen LogP) is 4.00. The highest BCUT2D eigenvalue weighted by atomic mass is 15.4. The normalized spacial score (nSPS) is 10.6. The first-order valence-corrected chi connectivity index (χ1v) is 7.40. The van der Waals surface area contributed by atoms with Crippen molar-refractivity contribution in [1.29, 1.82) is 0 Å². The van der Waals surface area contributed by atoms with E-state index < -0.39 is 0 Å². The first-order valence-electron chi connectivity index (χ1n) is 7.40. The Morgan fingerprint density at radius 1 is 0.696 bits per heavy atom.